The molecule has 0 aliphatic carbocycles. The first-order valence-electron chi connectivity index (χ1n) is 6.29. The second kappa shape index (κ2) is 6.99. The number of ether oxygens (including phenoxy) is 2. The van der Waals surface area contributed by atoms with Gasteiger partial charge in [-0.25, -0.2) is 4.79 Å². The first kappa shape index (κ1) is 15.3. The van der Waals surface area contributed by atoms with Crippen molar-refractivity contribution in [2.75, 3.05) is 7.11 Å². The first-order valence-corrected chi connectivity index (χ1v) is 6.29. The Balaban J connectivity index is 2.92. The fourth-order valence-electron chi connectivity index (χ4n) is 1.77. The van der Waals surface area contributed by atoms with E-state index in [0.717, 1.165) is 12.0 Å². The second-order valence-electron chi connectivity index (χ2n) is 4.52. The monoisotopic (exact) mass is 267 g/mol. The van der Waals surface area contributed by atoms with Crippen LogP contribution in [0.15, 0.2) is 18.2 Å². The first-order chi connectivity index (χ1) is 8.97. The zero-order valence-electron chi connectivity index (χ0n) is 11.6. The summed E-state index contributed by atoms with van der Waals surface area (Å²) < 4.78 is 10.7. The van der Waals surface area contributed by atoms with Crippen LogP contribution >= 0.6 is 0 Å². The van der Waals surface area contributed by atoms with Gasteiger partial charge in [0.25, 0.3) is 0 Å². The molecule has 106 valence electrons. The highest BCUT2D eigenvalue weighted by Gasteiger charge is 2.19. The van der Waals surface area contributed by atoms with Crippen LogP contribution in [0.5, 0.6) is 11.5 Å². The Labute approximate surface area is 113 Å². The quantitative estimate of drug-likeness (QED) is 0.787. The van der Waals surface area contributed by atoms with Crippen molar-refractivity contribution in [2.45, 2.75) is 38.8 Å². The number of carbonyl (C=O) groups is 1. The molecule has 0 heterocycles. The molecule has 2 atom stereocenters. The van der Waals surface area contributed by atoms with E-state index >= 15 is 0 Å². The Kier molecular flexibility index (Phi) is 5.63. The molecule has 0 saturated heterocycles. The fraction of sp³-hybridized carbons (Fsp3) is 0.500. The van der Waals surface area contributed by atoms with E-state index in [9.17, 15) is 4.79 Å². The number of hydrogen-bond donors (Lipinski definition) is 2. The van der Waals surface area contributed by atoms with Gasteiger partial charge >= 0.3 is 5.97 Å². The van der Waals surface area contributed by atoms with Gasteiger partial charge in [-0.15, -0.1) is 0 Å². The van der Waals surface area contributed by atoms with E-state index in [2.05, 4.69) is 0 Å². The van der Waals surface area contributed by atoms with Crippen LogP contribution in [0.2, 0.25) is 0 Å². The van der Waals surface area contributed by atoms with Crippen LogP contribution in [-0.4, -0.2) is 30.3 Å². The molecule has 0 aromatic heterocycles. The van der Waals surface area contributed by atoms with Crippen molar-refractivity contribution >= 4 is 5.97 Å². The van der Waals surface area contributed by atoms with Crippen molar-refractivity contribution in [3.63, 3.8) is 0 Å². The summed E-state index contributed by atoms with van der Waals surface area (Å²) in [6, 6.07) is 5.48. The molecule has 0 amide bonds. The van der Waals surface area contributed by atoms with E-state index in [0.29, 0.717) is 17.9 Å². The minimum atomic E-state index is -0.982. The molecule has 19 heavy (non-hydrogen) atoms. The zero-order valence-corrected chi connectivity index (χ0v) is 11.6. The van der Waals surface area contributed by atoms with E-state index in [1.165, 1.54) is 7.11 Å². The molecule has 0 bridgehead atoms. The van der Waals surface area contributed by atoms with Gasteiger partial charge in [-0.3, -0.25) is 0 Å². The molecular formula is C14H21NO4. The highest BCUT2D eigenvalue weighted by Crippen LogP contribution is 2.29. The number of methoxy groups -OCH3 is 1. The van der Waals surface area contributed by atoms with E-state index in [1.807, 2.05) is 19.1 Å². The third kappa shape index (κ3) is 4.44. The maximum absolute atomic E-state index is 11.0. The number of aliphatic carboxylic acids is 1. The lowest BCUT2D eigenvalue weighted by atomic mass is 10.1. The number of benzene rings is 1. The van der Waals surface area contributed by atoms with Gasteiger partial charge < -0.3 is 20.3 Å². The average molecular weight is 267 g/mol. The summed E-state index contributed by atoms with van der Waals surface area (Å²) >= 11 is 0. The number of carboxylic acid groups (broad SMARTS) is 1. The third-order valence-electron chi connectivity index (χ3n) is 2.70. The van der Waals surface area contributed by atoms with Gasteiger partial charge in [0.1, 0.15) is 0 Å². The van der Waals surface area contributed by atoms with E-state index in [1.54, 1.807) is 13.0 Å². The number of rotatable bonds is 7. The molecule has 0 fully saturated rings. The summed E-state index contributed by atoms with van der Waals surface area (Å²) in [4.78, 5) is 11.0. The van der Waals surface area contributed by atoms with Crippen LogP contribution in [0.25, 0.3) is 0 Å². The van der Waals surface area contributed by atoms with Crippen LogP contribution in [0.1, 0.15) is 25.8 Å². The average Bonchev–Trinajstić information content (AvgIpc) is 2.35. The third-order valence-corrected chi connectivity index (χ3v) is 2.70. The lowest BCUT2D eigenvalue weighted by Gasteiger charge is -2.17. The molecule has 0 saturated carbocycles. The van der Waals surface area contributed by atoms with Gasteiger partial charge in [-0.1, -0.05) is 13.0 Å². The van der Waals surface area contributed by atoms with Crippen molar-refractivity contribution in [3.05, 3.63) is 23.8 Å². The maximum atomic E-state index is 11.0. The summed E-state index contributed by atoms with van der Waals surface area (Å²) in [6.45, 7) is 3.68. The Bertz CT molecular complexity index is 431. The number of carboxylic acids is 1. The minimum Gasteiger partial charge on any atom is -0.493 e. The summed E-state index contributed by atoms with van der Waals surface area (Å²) in [7, 11) is 1.53. The molecule has 0 radical (unpaired) electrons. The standard InChI is InChI=1S/C14H21NO4/c1-4-11(14(16)17)19-12-6-5-10(7-9(2)15)8-13(12)18-3/h5-6,8-9,11H,4,7,15H2,1-3H3,(H,16,17). The van der Waals surface area contributed by atoms with Gasteiger partial charge in [-0.2, -0.15) is 0 Å². The van der Waals surface area contributed by atoms with Gasteiger partial charge in [0, 0.05) is 6.04 Å². The van der Waals surface area contributed by atoms with Gasteiger partial charge in [0.05, 0.1) is 7.11 Å². The molecule has 5 heteroatoms. The van der Waals surface area contributed by atoms with E-state index in [4.69, 9.17) is 20.3 Å². The van der Waals surface area contributed by atoms with Crippen LogP contribution in [0, 0.1) is 0 Å². The van der Waals surface area contributed by atoms with Crippen molar-refractivity contribution in [1.82, 2.24) is 0 Å². The Morgan fingerprint density at radius 1 is 1.42 bits per heavy atom. The highest BCUT2D eigenvalue weighted by molar-refractivity contribution is 5.72. The lowest BCUT2D eigenvalue weighted by molar-refractivity contribution is -0.145. The fourth-order valence-corrected chi connectivity index (χ4v) is 1.77. The normalized spacial score (nSPS) is 13.7. The lowest BCUT2D eigenvalue weighted by Crippen LogP contribution is -2.26. The van der Waals surface area contributed by atoms with E-state index < -0.39 is 12.1 Å². The predicted octanol–water partition coefficient (Wildman–Crippen LogP) is 1.83. The highest BCUT2D eigenvalue weighted by atomic mass is 16.5. The van der Waals surface area contributed by atoms with Crippen molar-refractivity contribution in [1.29, 1.82) is 0 Å². The molecule has 0 aliphatic rings. The molecule has 2 unspecified atom stereocenters. The molecule has 1 aromatic carbocycles. The molecule has 5 nitrogen and oxygen atoms in total. The molecule has 0 aliphatic heterocycles. The van der Waals surface area contributed by atoms with Crippen LogP contribution in [0.4, 0.5) is 0 Å². The van der Waals surface area contributed by atoms with Gasteiger partial charge in [0.15, 0.2) is 17.6 Å². The maximum Gasteiger partial charge on any atom is 0.344 e. The molecule has 3 N–H and O–H groups in total. The summed E-state index contributed by atoms with van der Waals surface area (Å²) in [5.41, 5.74) is 6.78. The Morgan fingerprint density at radius 2 is 2.11 bits per heavy atom. The Hall–Kier alpha value is -1.75. The molecular weight excluding hydrogens is 246 g/mol. The zero-order chi connectivity index (χ0) is 14.4. The van der Waals surface area contributed by atoms with Crippen molar-refractivity contribution in [2.24, 2.45) is 5.73 Å². The largest absolute Gasteiger partial charge is 0.493 e. The molecule has 0 spiro atoms. The SMILES string of the molecule is CCC(Oc1ccc(CC(C)N)cc1OC)C(=O)O. The van der Waals surface area contributed by atoms with Crippen LogP contribution < -0.4 is 15.2 Å². The van der Waals surface area contributed by atoms with Crippen LogP contribution in [0.3, 0.4) is 0 Å². The summed E-state index contributed by atoms with van der Waals surface area (Å²) in [6.07, 6.45) is 0.250. The van der Waals surface area contributed by atoms with Crippen molar-refractivity contribution in [3.8, 4) is 11.5 Å². The number of nitrogens with two attached hydrogens (primary N) is 1. The van der Waals surface area contributed by atoms with E-state index in [-0.39, 0.29) is 6.04 Å². The summed E-state index contributed by atoms with van der Waals surface area (Å²) in [5.74, 6) is -0.0211. The van der Waals surface area contributed by atoms with Crippen LogP contribution in [-0.2, 0) is 11.2 Å². The molecule has 1 aromatic rings. The topological polar surface area (TPSA) is 81.8 Å². The molecule has 1 rings (SSSR count). The summed E-state index contributed by atoms with van der Waals surface area (Å²) in [5, 5.41) is 8.99. The predicted molar refractivity (Wildman–Crippen MR) is 72.7 cm³/mol. The van der Waals surface area contributed by atoms with Gasteiger partial charge in [0.2, 0.25) is 0 Å². The Morgan fingerprint density at radius 3 is 2.58 bits per heavy atom. The second-order valence-corrected chi connectivity index (χ2v) is 4.52. The smallest absolute Gasteiger partial charge is 0.344 e. The number of hydrogen-bond acceptors (Lipinski definition) is 4. The van der Waals surface area contributed by atoms with Crippen molar-refractivity contribution < 1.29 is 19.4 Å². The van der Waals surface area contributed by atoms with Gasteiger partial charge in [-0.05, 0) is 37.5 Å². The minimum absolute atomic E-state index is 0.0545.